The maximum atomic E-state index is 12.9. The van der Waals surface area contributed by atoms with Crippen LogP contribution >= 0.6 is 11.3 Å². The van der Waals surface area contributed by atoms with E-state index in [0.29, 0.717) is 10.6 Å². The number of nitrogens with one attached hydrogen (secondary N) is 2. The zero-order chi connectivity index (χ0) is 17.1. The highest BCUT2D eigenvalue weighted by Gasteiger charge is 2.26. The molecule has 6 heteroatoms. The highest BCUT2D eigenvalue weighted by molar-refractivity contribution is 7.20. The zero-order valence-corrected chi connectivity index (χ0v) is 14.8. The van der Waals surface area contributed by atoms with Crippen LogP contribution in [0.3, 0.4) is 0 Å². The standard InChI is InChI=1S/C18H21N3O2S/c1-13(22)19-17-15(18(23)21-10-8-20(2)9-11-21)12-16(24-17)14-6-4-3-5-7-14/h3-7,12H,8-11H2,1-2H3,(H,19,22)/p+1. The molecule has 1 aliphatic heterocycles. The van der Waals surface area contributed by atoms with Crippen molar-refractivity contribution in [2.75, 3.05) is 38.5 Å². The first-order valence-corrected chi connectivity index (χ1v) is 8.93. The lowest BCUT2D eigenvalue weighted by atomic mass is 10.1. The van der Waals surface area contributed by atoms with Gasteiger partial charge in [-0.05, 0) is 11.6 Å². The summed E-state index contributed by atoms with van der Waals surface area (Å²) in [5.74, 6) is -0.155. The van der Waals surface area contributed by atoms with Crippen LogP contribution < -0.4 is 10.2 Å². The van der Waals surface area contributed by atoms with Crippen LogP contribution in [-0.2, 0) is 4.79 Å². The molecule has 126 valence electrons. The van der Waals surface area contributed by atoms with Crippen molar-refractivity contribution < 1.29 is 14.5 Å². The van der Waals surface area contributed by atoms with Crippen LogP contribution in [-0.4, -0.2) is 49.9 Å². The van der Waals surface area contributed by atoms with Gasteiger partial charge in [-0.2, -0.15) is 0 Å². The molecule has 1 aromatic heterocycles. The van der Waals surface area contributed by atoms with Gasteiger partial charge in [0.2, 0.25) is 5.91 Å². The van der Waals surface area contributed by atoms with E-state index in [0.717, 1.165) is 36.6 Å². The normalized spacial score (nSPS) is 15.3. The van der Waals surface area contributed by atoms with Gasteiger partial charge in [0.05, 0.1) is 38.8 Å². The molecule has 2 heterocycles. The highest BCUT2D eigenvalue weighted by atomic mass is 32.1. The van der Waals surface area contributed by atoms with Gasteiger partial charge in [0.25, 0.3) is 5.91 Å². The van der Waals surface area contributed by atoms with Crippen LogP contribution in [0.4, 0.5) is 5.00 Å². The number of carbonyl (C=O) groups excluding carboxylic acids is 2. The van der Waals surface area contributed by atoms with E-state index >= 15 is 0 Å². The maximum Gasteiger partial charge on any atom is 0.257 e. The van der Waals surface area contributed by atoms with Crippen molar-refractivity contribution in [1.82, 2.24) is 4.90 Å². The molecule has 0 atom stereocenters. The number of hydrogen-bond acceptors (Lipinski definition) is 3. The van der Waals surface area contributed by atoms with Crippen LogP contribution in [0.2, 0.25) is 0 Å². The molecule has 0 radical (unpaired) electrons. The summed E-state index contributed by atoms with van der Waals surface area (Å²) < 4.78 is 0. The Balaban J connectivity index is 1.91. The molecule has 2 N–H and O–H groups in total. The second-order valence-electron chi connectivity index (χ2n) is 6.15. The number of hydrogen-bond donors (Lipinski definition) is 2. The first-order valence-electron chi connectivity index (χ1n) is 8.12. The molecule has 0 spiro atoms. The van der Waals surface area contributed by atoms with E-state index in [2.05, 4.69) is 12.4 Å². The van der Waals surface area contributed by atoms with E-state index in [4.69, 9.17) is 0 Å². The quantitative estimate of drug-likeness (QED) is 0.883. The molecular formula is C18H22N3O2S+. The van der Waals surface area contributed by atoms with E-state index in [9.17, 15) is 9.59 Å². The second kappa shape index (κ2) is 7.15. The van der Waals surface area contributed by atoms with Gasteiger partial charge >= 0.3 is 0 Å². The molecule has 2 aromatic rings. The third-order valence-corrected chi connectivity index (χ3v) is 5.31. The number of quaternary nitrogens is 1. The largest absolute Gasteiger partial charge is 0.334 e. The van der Waals surface area contributed by atoms with Gasteiger partial charge in [0.15, 0.2) is 0 Å². The van der Waals surface area contributed by atoms with E-state index in [-0.39, 0.29) is 11.8 Å². The Morgan fingerprint density at radius 3 is 2.46 bits per heavy atom. The summed E-state index contributed by atoms with van der Waals surface area (Å²) in [5.41, 5.74) is 1.64. The Hall–Kier alpha value is -2.18. The third kappa shape index (κ3) is 3.66. The molecule has 1 aliphatic rings. The van der Waals surface area contributed by atoms with Gasteiger partial charge in [0, 0.05) is 11.8 Å². The Labute approximate surface area is 145 Å². The maximum absolute atomic E-state index is 12.9. The highest BCUT2D eigenvalue weighted by Crippen LogP contribution is 2.36. The molecule has 0 bridgehead atoms. The Morgan fingerprint density at radius 1 is 1.17 bits per heavy atom. The molecular weight excluding hydrogens is 322 g/mol. The van der Waals surface area contributed by atoms with Gasteiger partial charge in [-0.3, -0.25) is 9.59 Å². The predicted molar refractivity (Wildman–Crippen MR) is 96.6 cm³/mol. The fourth-order valence-electron chi connectivity index (χ4n) is 2.81. The average molecular weight is 344 g/mol. The fraction of sp³-hybridized carbons (Fsp3) is 0.333. The molecule has 3 rings (SSSR count). The van der Waals surface area contributed by atoms with Gasteiger partial charge in [0.1, 0.15) is 5.00 Å². The van der Waals surface area contributed by atoms with Crippen LogP contribution in [0.1, 0.15) is 17.3 Å². The Morgan fingerprint density at radius 2 is 1.83 bits per heavy atom. The van der Waals surface area contributed by atoms with Crippen molar-refractivity contribution in [3.63, 3.8) is 0 Å². The van der Waals surface area contributed by atoms with Gasteiger partial charge < -0.3 is 15.1 Å². The number of thiophene rings is 1. The monoisotopic (exact) mass is 344 g/mol. The number of likely N-dealkylation sites (N-methyl/N-ethyl adjacent to an activating group) is 1. The van der Waals surface area contributed by atoms with E-state index < -0.39 is 0 Å². The van der Waals surface area contributed by atoms with E-state index in [1.54, 1.807) is 0 Å². The molecule has 2 amide bonds. The van der Waals surface area contributed by atoms with Gasteiger partial charge in [-0.1, -0.05) is 30.3 Å². The Kier molecular flexibility index (Phi) is 4.97. The minimum absolute atomic E-state index is 0.00433. The average Bonchev–Trinajstić information content (AvgIpc) is 2.99. The van der Waals surface area contributed by atoms with Crippen molar-refractivity contribution >= 4 is 28.2 Å². The molecule has 1 fully saturated rings. The topological polar surface area (TPSA) is 53.9 Å². The van der Waals surface area contributed by atoms with Crippen LogP contribution in [0.5, 0.6) is 0 Å². The summed E-state index contributed by atoms with van der Waals surface area (Å²) in [6.07, 6.45) is 0. The predicted octanol–water partition coefficient (Wildman–Crippen LogP) is 1.34. The van der Waals surface area contributed by atoms with Crippen molar-refractivity contribution in [3.05, 3.63) is 42.0 Å². The molecule has 0 aliphatic carbocycles. The molecule has 5 nitrogen and oxygen atoms in total. The summed E-state index contributed by atoms with van der Waals surface area (Å²) in [4.78, 5) is 28.8. The van der Waals surface area contributed by atoms with Crippen LogP contribution in [0, 0.1) is 0 Å². The van der Waals surface area contributed by atoms with Crippen LogP contribution in [0.15, 0.2) is 36.4 Å². The number of nitrogens with zero attached hydrogens (tertiary/aromatic N) is 1. The number of carbonyl (C=O) groups is 2. The minimum Gasteiger partial charge on any atom is -0.334 e. The van der Waals surface area contributed by atoms with Crippen molar-refractivity contribution in [1.29, 1.82) is 0 Å². The number of piperazine rings is 1. The molecule has 24 heavy (non-hydrogen) atoms. The molecule has 1 aromatic carbocycles. The number of rotatable bonds is 3. The SMILES string of the molecule is CC(=O)Nc1sc(-c2ccccc2)cc1C(=O)N1CC[NH+](C)CC1. The van der Waals surface area contributed by atoms with E-state index in [1.807, 2.05) is 41.3 Å². The molecule has 0 saturated carbocycles. The summed E-state index contributed by atoms with van der Waals surface area (Å²) in [6.45, 7) is 4.88. The number of amides is 2. The van der Waals surface area contributed by atoms with Gasteiger partial charge in [-0.15, -0.1) is 11.3 Å². The van der Waals surface area contributed by atoms with Crippen molar-refractivity contribution in [3.8, 4) is 10.4 Å². The van der Waals surface area contributed by atoms with E-state index in [1.165, 1.54) is 23.2 Å². The van der Waals surface area contributed by atoms with Crippen LogP contribution in [0.25, 0.3) is 10.4 Å². The van der Waals surface area contributed by atoms with Crippen molar-refractivity contribution in [2.24, 2.45) is 0 Å². The molecule has 0 unspecified atom stereocenters. The van der Waals surface area contributed by atoms with Gasteiger partial charge in [-0.25, -0.2) is 0 Å². The zero-order valence-electron chi connectivity index (χ0n) is 14.0. The summed E-state index contributed by atoms with van der Waals surface area (Å²) in [5, 5.41) is 3.46. The Bertz CT molecular complexity index is 734. The first kappa shape index (κ1) is 16.7. The second-order valence-corrected chi connectivity index (χ2v) is 7.20. The number of benzene rings is 1. The summed E-state index contributed by atoms with van der Waals surface area (Å²) in [7, 11) is 2.14. The van der Waals surface area contributed by atoms with Crippen molar-refractivity contribution in [2.45, 2.75) is 6.92 Å². The smallest absolute Gasteiger partial charge is 0.257 e. The lowest BCUT2D eigenvalue weighted by Crippen LogP contribution is -3.12. The fourth-order valence-corrected chi connectivity index (χ4v) is 3.91. The molecule has 1 saturated heterocycles. The third-order valence-electron chi connectivity index (χ3n) is 4.21. The number of anilines is 1. The lowest BCUT2D eigenvalue weighted by Gasteiger charge is -2.30. The first-order chi connectivity index (χ1) is 11.5. The minimum atomic E-state index is -0.159. The summed E-state index contributed by atoms with van der Waals surface area (Å²) >= 11 is 1.45. The summed E-state index contributed by atoms with van der Waals surface area (Å²) in [6, 6.07) is 11.8. The lowest BCUT2D eigenvalue weighted by molar-refractivity contribution is -0.883.